The van der Waals surface area contributed by atoms with Gasteiger partial charge in [-0.05, 0) is 69.1 Å². The largest absolute Gasteiger partial charge is 0.472 e. The number of unbranched alkanes of at least 4 members (excludes halogenated alkanes) is 33. The number of carbonyl (C=O) groups excluding carboxylic acids is 4. The molecule has 4 unspecified atom stereocenters. The number of phosphoric ester groups is 2. The van der Waals surface area contributed by atoms with Gasteiger partial charge in [0.2, 0.25) is 0 Å². The Balaban J connectivity index is 5.26. The summed E-state index contributed by atoms with van der Waals surface area (Å²) in [5.41, 5.74) is 0. The van der Waals surface area contributed by atoms with Gasteiger partial charge in [-0.1, -0.05) is 297 Å². The number of ether oxygens (including phenoxy) is 4. The highest BCUT2D eigenvalue weighted by Gasteiger charge is 2.30. The van der Waals surface area contributed by atoms with Gasteiger partial charge in [-0.3, -0.25) is 37.3 Å². The van der Waals surface area contributed by atoms with E-state index in [9.17, 15) is 43.2 Å². The molecule has 0 aliphatic carbocycles. The van der Waals surface area contributed by atoms with E-state index in [1.165, 1.54) is 135 Å². The Kier molecular flexibility index (Phi) is 62.5. The van der Waals surface area contributed by atoms with Crippen molar-refractivity contribution in [1.29, 1.82) is 0 Å². The lowest BCUT2D eigenvalue weighted by Crippen LogP contribution is -2.30. The molecule has 0 saturated carbocycles. The standard InChI is InChI=1S/C74H140O17P2/c1-8-11-12-13-14-15-16-17-18-22-25-28-33-43-50-58-74(79)91-70(62-85-72(77)56-49-42-37-36-40-47-54-67(7)10-3)64-89-93(82,83)87-60-68(75)59-86-92(80,81)88-63-69(61-84-71(76)55-48-41-35-30-31-38-45-52-65(4)5)90-73(78)57-51-44-34-29-26-23-20-19-21-24-27-32-39-46-53-66(6)9-2/h15-18,65-70,75H,8-14,19-64H2,1-7H3,(H,80,81)(H,82,83)/b16-15-,18-17-/t66?,67?,68-,69-,70-/m1/s1. The van der Waals surface area contributed by atoms with E-state index < -0.39 is 97.5 Å². The van der Waals surface area contributed by atoms with Crippen molar-refractivity contribution in [3.05, 3.63) is 24.3 Å². The predicted molar refractivity (Wildman–Crippen MR) is 377 cm³/mol. The number of aliphatic hydroxyl groups excluding tert-OH is 1. The number of hydrogen-bond donors (Lipinski definition) is 3. The monoisotopic (exact) mass is 1360 g/mol. The topological polar surface area (TPSA) is 237 Å². The fourth-order valence-electron chi connectivity index (χ4n) is 10.6. The molecule has 0 rings (SSSR count). The van der Waals surface area contributed by atoms with Crippen LogP contribution in [0.5, 0.6) is 0 Å². The van der Waals surface area contributed by atoms with E-state index in [2.05, 4.69) is 72.8 Å². The molecule has 93 heavy (non-hydrogen) atoms. The van der Waals surface area contributed by atoms with Gasteiger partial charge in [0.25, 0.3) is 0 Å². The van der Waals surface area contributed by atoms with Crippen LogP contribution >= 0.6 is 15.6 Å². The zero-order valence-electron chi connectivity index (χ0n) is 60.2. The van der Waals surface area contributed by atoms with Crippen molar-refractivity contribution in [2.24, 2.45) is 17.8 Å². The summed E-state index contributed by atoms with van der Waals surface area (Å²) in [6, 6.07) is 0. The molecule has 0 spiro atoms. The number of rotatable bonds is 70. The van der Waals surface area contributed by atoms with Gasteiger partial charge < -0.3 is 33.8 Å². The molecule has 19 heteroatoms. The van der Waals surface area contributed by atoms with Crippen molar-refractivity contribution in [1.82, 2.24) is 0 Å². The maximum atomic E-state index is 13.0. The Labute approximate surface area is 567 Å². The molecule has 0 heterocycles. The normalized spacial score (nSPS) is 14.9. The van der Waals surface area contributed by atoms with Gasteiger partial charge in [0.05, 0.1) is 26.4 Å². The van der Waals surface area contributed by atoms with Crippen LogP contribution in [0.3, 0.4) is 0 Å². The quantitative estimate of drug-likeness (QED) is 0.0169. The van der Waals surface area contributed by atoms with E-state index in [1.807, 2.05) is 0 Å². The Bertz CT molecular complexity index is 1920. The van der Waals surface area contributed by atoms with Crippen molar-refractivity contribution in [3.63, 3.8) is 0 Å². The van der Waals surface area contributed by atoms with Gasteiger partial charge in [0.1, 0.15) is 19.3 Å². The lowest BCUT2D eigenvalue weighted by molar-refractivity contribution is -0.161. The summed E-state index contributed by atoms with van der Waals surface area (Å²) in [4.78, 5) is 72.6. The SMILES string of the molecule is CCCCCC/C=C\C=C/CCCCCCCC(=O)O[C@H](COC(=O)CCCCCCCCC(C)CC)COP(=O)(O)OC[C@H](O)COP(=O)(O)OC[C@@H](COC(=O)CCCCCCCCCC(C)C)OC(=O)CCCCCCCCCCCCCCCCC(C)CC. The van der Waals surface area contributed by atoms with Crippen LogP contribution < -0.4 is 0 Å². The molecular formula is C74H140O17P2. The van der Waals surface area contributed by atoms with Gasteiger partial charge >= 0.3 is 39.5 Å². The van der Waals surface area contributed by atoms with Crippen molar-refractivity contribution in [3.8, 4) is 0 Å². The molecule has 0 aromatic heterocycles. The third kappa shape index (κ3) is 65.3. The fraction of sp³-hybridized carbons (Fsp3) is 0.892. The molecule has 0 saturated heterocycles. The fourth-order valence-corrected chi connectivity index (χ4v) is 12.2. The van der Waals surface area contributed by atoms with E-state index in [4.69, 9.17) is 37.0 Å². The van der Waals surface area contributed by atoms with Crippen molar-refractivity contribution in [2.45, 2.75) is 369 Å². The lowest BCUT2D eigenvalue weighted by atomic mass is 9.99. The molecule has 0 bridgehead atoms. The highest BCUT2D eigenvalue weighted by Crippen LogP contribution is 2.45. The van der Waals surface area contributed by atoms with Gasteiger partial charge in [-0.2, -0.15) is 0 Å². The first-order valence-electron chi connectivity index (χ1n) is 37.7. The zero-order chi connectivity index (χ0) is 68.7. The smallest absolute Gasteiger partial charge is 0.462 e. The minimum atomic E-state index is -4.96. The maximum absolute atomic E-state index is 13.0. The van der Waals surface area contributed by atoms with Crippen LogP contribution in [0, 0.1) is 17.8 Å². The van der Waals surface area contributed by atoms with Crippen LogP contribution in [-0.4, -0.2) is 96.7 Å². The van der Waals surface area contributed by atoms with Crippen molar-refractivity contribution in [2.75, 3.05) is 39.6 Å². The average Bonchev–Trinajstić information content (AvgIpc) is 2.50. The first-order chi connectivity index (χ1) is 44.8. The molecule has 7 atom stereocenters. The number of esters is 4. The summed E-state index contributed by atoms with van der Waals surface area (Å²) < 4.78 is 68.4. The van der Waals surface area contributed by atoms with Crippen LogP contribution in [0.4, 0.5) is 0 Å². The predicted octanol–water partition coefficient (Wildman–Crippen LogP) is 21.0. The lowest BCUT2D eigenvalue weighted by Gasteiger charge is -2.21. The Morgan fingerprint density at radius 1 is 0.355 bits per heavy atom. The molecule has 0 amide bonds. The third-order valence-electron chi connectivity index (χ3n) is 17.2. The third-order valence-corrected chi connectivity index (χ3v) is 19.1. The number of aliphatic hydroxyl groups is 1. The maximum Gasteiger partial charge on any atom is 0.472 e. The molecule has 0 aromatic rings. The molecule has 548 valence electrons. The molecule has 3 N–H and O–H groups in total. The minimum absolute atomic E-state index is 0.0837. The molecule has 0 radical (unpaired) electrons. The number of phosphoric acid groups is 2. The molecule has 0 aliphatic heterocycles. The highest BCUT2D eigenvalue weighted by molar-refractivity contribution is 7.47. The molecule has 0 fully saturated rings. The number of carbonyl (C=O) groups is 4. The van der Waals surface area contributed by atoms with E-state index in [-0.39, 0.29) is 25.7 Å². The van der Waals surface area contributed by atoms with Gasteiger partial charge in [0, 0.05) is 25.7 Å². The molecule has 0 aliphatic rings. The number of allylic oxidation sites excluding steroid dienone is 4. The highest BCUT2D eigenvalue weighted by atomic mass is 31.2. The Hall–Kier alpha value is -2.46. The van der Waals surface area contributed by atoms with E-state index in [1.54, 1.807) is 0 Å². The average molecular weight is 1360 g/mol. The van der Waals surface area contributed by atoms with E-state index in [0.29, 0.717) is 31.6 Å². The zero-order valence-corrected chi connectivity index (χ0v) is 62.0. The summed E-state index contributed by atoms with van der Waals surface area (Å²) in [6.45, 7) is 11.8. The van der Waals surface area contributed by atoms with Crippen LogP contribution in [0.2, 0.25) is 0 Å². The molecular weight excluding hydrogens is 1220 g/mol. The van der Waals surface area contributed by atoms with E-state index >= 15 is 0 Å². The second-order valence-electron chi connectivity index (χ2n) is 27.0. The first-order valence-corrected chi connectivity index (χ1v) is 40.7. The van der Waals surface area contributed by atoms with Crippen LogP contribution in [0.1, 0.15) is 350 Å². The van der Waals surface area contributed by atoms with Gasteiger partial charge in [-0.15, -0.1) is 0 Å². The molecule has 0 aromatic carbocycles. The van der Waals surface area contributed by atoms with Crippen LogP contribution in [0.15, 0.2) is 24.3 Å². The summed E-state index contributed by atoms with van der Waals surface area (Å²) in [7, 11) is -9.92. The van der Waals surface area contributed by atoms with Crippen LogP contribution in [-0.2, 0) is 65.4 Å². The van der Waals surface area contributed by atoms with E-state index in [0.717, 1.165) is 127 Å². The second kappa shape index (κ2) is 64.2. The van der Waals surface area contributed by atoms with Gasteiger partial charge in [-0.25, -0.2) is 9.13 Å². The summed E-state index contributed by atoms with van der Waals surface area (Å²) >= 11 is 0. The Morgan fingerprint density at radius 2 is 0.634 bits per heavy atom. The van der Waals surface area contributed by atoms with Crippen molar-refractivity contribution >= 4 is 39.5 Å². The molecule has 17 nitrogen and oxygen atoms in total. The summed E-state index contributed by atoms with van der Waals surface area (Å²) in [5.74, 6) is 0.121. The van der Waals surface area contributed by atoms with Crippen molar-refractivity contribution < 1.29 is 80.2 Å². The Morgan fingerprint density at radius 3 is 0.957 bits per heavy atom. The second-order valence-corrected chi connectivity index (χ2v) is 29.9. The van der Waals surface area contributed by atoms with Crippen LogP contribution in [0.25, 0.3) is 0 Å². The first kappa shape index (κ1) is 90.5. The minimum Gasteiger partial charge on any atom is -0.462 e. The summed E-state index contributed by atoms with van der Waals surface area (Å²) in [6.07, 6.45) is 52.2. The van der Waals surface area contributed by atoms with Gasteiger partial charge in [0.15, 0.2) is 12.2 Å². The summed E-state index contributed by atoms with van der Waals surface area (Å²) in [5, 5.41) is 10.6. The number of hydrogen-bond acceptors (Lipinski definition) is 15.